The van der Waals surface area contributed by atoms with Gasteiger partial charge in [-0.15, -0.1) is 0 Å². The first-order valence-electron chi connectivity index (χ1n) is 6.42. The minimum Gasteiger partial charge on any atom is -0.505 e. The lowest BCUT2D eigenvalue weighted by molar-refractivity contribution is -0.439. The first-order chi connectivity index (χ1) is 9.50. The Morgan fingerprint density at radius 1 is 1.45 bits per heavy atom. The minimum atomic E-state index is -0.349. The highest BCUT2D eigenvalue weighted by atomic mass is 16.6. The summed E-state index contributed by atoms with van der Waals surface area (Å²) >= 11 is 0. The molecule has 106 valence electrons. The van der Waals surface area contributed by atoms with Gasteiger partial charge in [-0.1, -0.05) is 6.07 Å². The Balaban J connectivity index is 2.10. The number of nitrogen functional groups attached to an aromatic ring is 1. The van der Waals surface area contributed by atoms with E-state index in [0.717, 1.165) is 6.54 Å². The van der Waals surface area contributed by atoms with Crippen LogP contribution in [0.4, 0.5) is 5.69 Å². The molecule has 2 aliphatic heterocycles. The van der Waals surface area contributed by atoms with Crippen molar-refractivity contribution < 1.29 is 10.0 Å². The van der Waals surface area contributed by atoms with Crippen LogP contribution >= 0.6 is 0 Å². The van der Waals surface area contributed by atoms with Gasteiger partial charge in [0.05, 0.1) is 10.6 Å². The topological polar surface area (TPSA) is 95.9 Å². The van der Waals surface area contributed by atoms with E-state index in [1.165, 1.54) is 0 Å². The molecule has 7 heteroatoms. The maximum atomic E-state index is 11.3. The fourth-order valence-electron chi connectivity index (χ4n) is 2.91. The van der Waals surface area contributed by atoms with Crippen LogP contribution in [0.25, 0.3) is 5.70 Å². The first-order valence-corrected chi connectivity index (χ1v) is 6.42. The van der Waals surface area contributed by atoms with E-state index in [1.807, 2.05) is 11.9 Å². The molecule has 1 fully saturated rings. The van der Waals surface area contributed by atoms with Gasteiger partial charge in [0.2, 0.25) is 0 Å². The van der Waals surface area contributed by atoms with Crippen LogP contribution in [0.3, 0.4) is 0 Å². The third-order valence-corrected chi connectivity index (χ3v) is 3.95. The van der Waals surface area contributed by atoms with Crippen LogP contribution in [0.1, 0.15) is 5.56 Å². The number of benzene rings is 1. The maximum absolute atomic E-state index is 11.3. The number of phenolic OH excluding ortho intramolecular Hbond substituents is 1. The molecule has 0 aliphatic carbocycles. The van der Waals surface area contributed by atoms with Gasteiger partial charge in [-0.2, -0.15) is 0 Å². The molecular weight excluding hydrogens is 260 g/mol. The Labute approximate surface area is 116 Å². The van der Waals surface area contributed by atoms with E-state index in [9.17, 15) is 15.2 Å². The second-order valence-corrected chi connectivity index (χ2v) is 5.21. The van der Waals surface area contributed by atoms with Gasteiger partial charge in [-0.25, -0.2) is 0 Å². The van der Waals surface area contributed by atoms with Crippen LogP contribution in [-0.2, 0) is 0 Å². The fraction of sp³-hybridized carbons (Fsp3) is 0.385. The number of nitrogens with zero attached hydrogens (tertiary/aromatic N) is 3. The van der Waals surface area contributed by atoms with Gasteiger partial charge >= 0.3 is 0 Å². The average Bonchev–Trinajstić information content (AvgIpc) is 2.37. The number of aromatic hydroxyl groups is 1. The van der Waals surface area contributed by atoms with E-state index in [2.05, 4.69) is 4.90 Å². The summed E-state index contributed by atoms with van der Waals surface area (Å²) in [6.07, 6.45) is 0. The Hall–Kier alpha value is -2.28. The molecule has 2 heterocycles. The number of nitrogens with two attached hydrogens (primary N) is 1. The molecule has 0 saturated carbocycles. The molecule has 1 aromatic rings. The molecular formula is C13H16N4O3. The quantitative estimate of drug-likeness (QED) is 0.354. The van der Waals surface area contributed by atoms with Gasteiger partial charge in [0.1, 0.15) is 17.5 Å². The van der Waals surface area contributed by atoms with Crippen molar-refractivity contribution in [3.63, 3.8) is 0 Å². The molecule has 0 radical (unpaired) electrons. The van der Waals surface area contributed by atoms with Crippen molar-refractivity contribution >= 4 is 11.4 Å². The van der Waals surface area contributed by atoms with E-state index < -0.39 is 0 Å². The van der Waals surface area contributed by atoms with Crippen molar-refractivity contribution in [1.29, 1.82) is 0 Å². The molecule has 0 amide bonds. The number of hydrogen-bond acceptors (Lipinski definition) is 6. The van der Waals surface area contributed by atoms with Crippen molar-refractivity contribution in [1.82, 2.24) is 9.80 Å². The van der Waals surface area contributed by atoms with Crippen LogP contribution in [0.5, 0.6) is 5.75 Å². The van der Waals surface area contributed by atoms with Crippen LogP contribution in [0.2, 0.25) is 0 Å². The van der Waals surface area contributed by atoms with Crippen molar-refractivity contribution in [3.05, 3.63) is 39.6 Å². The summed E-state index contributed by atoms with van der Waals surface area (Å²) < 4.78 is 0. The molecule has 1 saturated heterocycles. The van der Waals surface area contributed by atoms with Gasteiger partial charge in [0.15, 0.2) is 0 Å². The fourth-order valence-corrected chi connectivity index (χ4v) is 2.91. The van der Waals surface area contributed by atoms with Gasteiger partial charge in [-0.3, -0.25) is 10.1 Å². The Kier molecular flexibility index (Phi) is 2.79. The number of phenols is 1. The van der Waals surface area contributed by atoms with E-state index in [-0.39, 0.29) is 28.1 Å². The van der Waals surface area contributed by atoms with Crippen LogP contribution < -0.4 is 5.73 Å². The van der Waals surface area contributed by atoms with Crippen LogP contribution in [0, 0.1) is 10.1 Å². The minimum absolute atomic E-state index is 0.0840. The van der Waals surface area contributed by atoms with Crippen molar-refractivity contribution in [2.45, 2.75) is 6.04 Å². The summed E-state index contributed by atoms with van der Waals surface area (Å²) in [5.41, 5.74) is 7.02. The maximum Gasteiger partial charge on any atom is 0.293 e. The largest absolute Gasteiger partial charge is 0.505 e. The van der Waals surface area contributed by atoms with Gasteiger partial charge in [0.25, 0.3) is 5.70 Å². The standard InChI is InChI=1S/C13H16N4O3/c1-15-5-6-16-10(7-15)12(17(19)20)11(16)8-3-2-4-9(14)13(8)18/h2-4,10,18H,5-7,14H2,1H3. The zero-order chi connectivity index (χ0) is 14.4. The lowest BCUT2D eigenvalue weighted by Crippen LogP contribution is -2.59. The van der Waals surface area contributed by atoms with E-state index in [1.54, 1.807) is 18.2 Å². The smallest absolute Gasteiger partial charge is 0.293 e. The Bertz CT molecular complexity index is 614. The molecule has 3 rings (SSSR count). The van der Waals surface area contributed by atoms with E-state index >= 15 is 0 Å². The van der Waals surface area contributed by atoms with Gasteiger partial charge < -0.3 is 20.6 Å². The Morgan fingerprint density at radius 2 is 2.20 bits per heavy atom. The number of anilines is 1. The number of likely N-dealkylation sites (N-methyl/N-ethyl adjacent to an activating group) is 1. The van der Waals surface area contributed by atoms with Gasteiger partial charge in [-0.05, 0) is 19.2 Å². The molecule has 1 atom stereocenters. The summed E-state index contributed by atoms with van der Waals surface area (Å²) in [5, 5.41) is 21.4. The molecule has 0 bridgehead atoms. The normalized spacial score (nSPS) is 22.4. The van der Waals surface area contributed by atoms with Gasteiger partial charge in [0, 0.05) is 25.2 Å². The molecule has 0 spiro atoms. The lowest BCUT2D eigenvalue weighted by Gasteiger charge is -2.47. The summed E-state index contributed by atoms with van der Waals surface area (Å²) in [5.74, 6) is -0.0840. The molecule has 1 unspecified atom stereocenters. The SMILES string of the molecule is CN1CCN2C(c3cccc(N)c3O)=C([N+](=O)[O-])C2C1. The number of fused-ring (bicyclic) bond motifs is 1. The summed E-state index contributed by atoms with van der Waals surface area (Å²) in [4.78, 5) is 15.0. The molecule has 3 N–H and O–H groups in total. The molecule has 1 aromatic carbocycles. The van der Waals surface area contributed by atoms with Crippen molar-refractivity contribution in [2.75, 3.05) is 32.4 Å². The third-order valence-electron chi connectivity index (χ3n) is 3.95. The highest BCUT2D eigenvalue weighted by Crippen LogP contribution is 2.44. The number of piperazine rings is 1. The number of nitro groups is 1. The van der Waals surface area contributed by atoms with Crippen LogP contribution in [0.15, 0.2) is 23.9 Å². The number of para-hydroxylation sites is 1. The summed E-state index contributed by atoms with van der Waals surface area (Å²) in [6.45, 7) is 2.18. The zero-order valence-electron chi connectivity index (χ0n) is 11.1. The third kappa shape index (κ3) is 1.70. The molecule has 20 heavy (non-hydrogen) atoms. The molecule has 2 aliphatic rings. The number of rotatable bonds is 2. The Morgan fingerprint density at radius 3 is 2.90 bits per heavy atom. The monoisotopic (exact) mass is 276 g/mol. The number of hydrogen-bond donors (Lipinski definition) is 2. The second-order valence-electron chi connectivity index (χ2n) is 5.21. The summed E-state index contributed by atoms with van der Waals surface area (Å²) in [6, 6.07) is 4.72. The first kappa shape index (κ1) is 12.7. The zero-order valence-corrected chi connectivity index (χ0v) is 11.1. The highest BCUT2D eigenvalue weighted by Gasteiger charge is 2.49. The predicted octanol–water partition coefficient (Wildman–Crippen LogP) is 0.549. The van der Waals surface area contributed by atoms with Crippen molar-refractivity contribution in [2.24, 2.45) is 0 Å². The highest BCUT2D eigenvalue weighted by molar-refractivity contribution is 5.80. The van der Waals surface area contributed by atoms with Crippen LogP contribution in [-0.4, -0.2) is 52.6 Å². The molecule has 7 nitrogen and oxygen atoms in total. The average molecular weight is 276 g/mol. The second kappa shape index (κ2) is 4.38. The molecule has 0 aromatic heterocycles. The lowest BCUT2D eigenvalue weighted by atomic mass is 9.91. The van der Waals surface area contributed by atoms with E-state index in [4.69, 9.17) is 5.73 Å². The van der Waals surface area contributed by atoms with Crippen molar-refractivity contribution in [3.8, 4) is 5.75 Å². The predicted molar refractivity (Wildman–Crippen MR) is 74.4 cm³/mol. The summed E-state index contributed by atoms with van der Waals surface area (Å²) in [7, 11) is 1.95. The van der Waals surface area contributed by atoms with E-state index in [0.29, 0.717) is 24.4 Å².